The maximum Gasteiger partial charge on any atom is 1.00 e. The molecule has 0 spiro atoms. The summed E-state index contributed by atoms with van der Waals surface area (Å²) in [6, 6.07) is 0. The normalized spacial score (nSPS) is 10.8. The van der Waals surface area contributed by atoms with E-state index in [-0.39, 0.29) is 43.1 Å². The van der Waals surface area contributed by atoms with E-state index in [9.17, 15) is 8.42 Å². The van der Waals surface area contributed by atoms with Gasteiger partial charge in [0.1, 0.15) is 0 Å². The molecule has 0 fully saturated rings. The quantitative estimate of drug-likeness (QED) is 0.0824. The molecule has 0 radical (unpaired) electrons. The van der Waals surface area contributed by atoms with Crippen LogP contribution in [-0.2, 0) is 25.0 Å². The summed E-state index contributed by atoms with van der Waals surface area (Å²) in [5.41, 5.74) is 0. The van der Waals surface area contributed by atoms with E-state index in [4.69, 9.17) is 22.1 Å². The molecule has 0 aromatic heterocycles. The van der Waals surface area contributed by atoms with E-state index in [1.807, 2.05) is 0 Å². The molecule has 0 aromatic carbocycles. The van der Waals surface area contributed by atoms with Gasteiger partial charge in [0.2, 0.25) is 0 Å². The Bertz CT molecular complexity index is 603. The van der Waals surface area contributed by atoms with Crippen LogP contribution in [0, 0.1) is 0 Å². The molecule has 0 amide bonds. The third-order valence-corrected chi connectivity index (χ3v) is 6.15. The van der Waals surface area contributed by atoms with Crippen LogP contribution in [-0.4, -0.2) is 42.6 Å². The van der Waals surface area contributed by atoms with E-state index in [1.165, 1.54) is 122 Å². The molecular weight excluding hydrogens is 543 g/mol. The largest absolute Gasteiger partial charge is 1.00 e. The fraction of sp³-hybridized carbons (Fsp3) is 1.00. The van der Waals surface area contributed by atoms with E-state index >= 15 is 0 Å². The number of unbranched alkanes of at least 4 members (excludes halogenated alkanes) is 20. The van der Waals surface area contributed by atoms with Crippen LogP contribution >= 0.6 is 0 Å². The van der Waals surface area contributed by atoms with Crippen molar-refractivity contribution in [2.75, 3.05) is 6.61 Å². The van der Waals surface area contributed by atoms with Crippen LogP contribution in [0.5, 0.6) is 0 Å². The summed E-state index contributed by atoms with van der Waals surface area (Å²) in [5.74, 6) is 0. The summed E-state index contributed by atoms with van der Waals surface area (Å²) in [5, 5.41) is 0. The maximum absolute atomic E-state index is 10.2. The molecule has 0 aliphatic rings. The van der Waals surface area contributed by atoms with Gasteiger partial charge in [-0.25, -0.2) is 4.18 Å². The minimum absolute atomic E-state index is 0. The maximum atomic E-state index is 10.2. The van der Waals surface area contributed by atoms with E-state index in [1.54, 1.807) is 0 Å². The zero-order valence-corrected chi connectivity index (χ0v) is 28.6. The topological polar surface area (TPSA) is 170 Å². The Balaban J connectivity index is -0.000000113. The molecule has 0 aliphatic heterocycles. The van der Waals surface area contributed by atoms with Crippen LogP contribution in [0.15, 0.2) is 0 Å². The predicted molar refractivity (Wildman–Crippen MR) is 155 cm³/mol. The average Bonchev–Trinajstić information content (AvgIpc) is 2.77. The van der Waals surface area contributed by atoms with Gasteiger partial charge in [0.15, 0.2) is 0 Å². The van der Waals surface area contributed by atoms with Crippen LogP contribution in [0.2, 0.25) is 0 Å². The van der Waals surface area contributed by atoms with Crippen molar-refractivity contribution < 1.29 is 71.1 Å². The standard InChI is InChI=1S/C14H30.C12H26O4S.Na.H2O4S.H2O.H/c1-3-5-7-9-11-13-14-12-10-8-6-4-2;1-2-3-4-5-6-7-8-9-10-11-12-16-17(13,14)15;;1-5(2,3)4;;/h3-14H2,1-2H3;2-12H2,1H3,(H,13,14,15);;(H2,1,2,3,4);1H2;/q;;+1;;;-1. The Morgan fingerprint density at radius 1 is 0.474 bits per heavy atom. The van der Waals surface area contributed by atoms with Gasteiger partial charge in [0, 0.05) is 0 Å². The Hall–Kier alpha value is 0.700. The molecule has 232 valence electrons. The van der Waals surface area contributed by atoms with Gasteiger partial charge >= 0.3 is 50.4 Å². The Morgan fingerprint density at radius 3 is 0.842 bits per heavy atom. The van der Waals surface area contributed by atoms with E-state index in [0.29, 0.717) is 6.42 Å². The van der Waals surface area contributed by atoms with Gasteiger partial charge in [-0.15, -0.1) is 0 Å². The first-order valence-electron chi connectivity index (χ1n) is 14.3. The summed E-state index contributed by atoms with van der Waals surface area (Å²) in [4.78, 5) is 0. The SMILES string of the molecule is CCCCCCCCCCCCCC.CCCCCCCCCCCCOS(=O)(=O)O.O.O=S(=O)(O)O.[H-].[Na+]. The number of hydrogen-bond donors (Lipinski definition) is 3. The van der Waals surface area contributed by atoms with E-state index in [2.05, 4.69) is 25.0 Å². The third kappa shape index (κ3) is 70.8. The van der Waals surface area contributed by atoms with Gasteiger partial charge in [-0.1, -0.05) is 156 Å². The molecule has 0 bridgehead atoms. The molecule has 0 aromatic rings. The van der Waals surface area contributed by atoms with Crippen LogP contribution in [0.25, 0.3) is 0 Å². The molecule has 0 aliphatic carbocycles. The molecule has 0 atom stereocenters. The zero-order valence-electron chi connectivity index (χ0n) is 26.0. The summed E-state index contributed by atoms with van der Waals surface area (Å²) in [7, 11) is -8.90. The van der Waals surface area contributed by atoms with E-state index < -0.39 is 20.8 Å². The molecule has 9 nitrogen and oxygen atoms in total. The summed E-state index contributed by atoms with van der Waals surface area (Å²) >= 11 is 0. The second-order valence-electron chi connectivity index (χ2n) is 9.42. The Morgan fingerprint density at radius 2 is 0.658 bits per heavy atom. The number of rotatable bonds is 23. The summed E-state index contributed by atoms with van der Waals surface area (Å²) < 4.78 is 64.6. The molecule has 0 saturated heterocycles. The summed E-state index contributed by atoms with van der Waals surface area (Å²) in [6.07, 6.45) is 29.3. The van der Waals surface area contributed by atoms with Crippen molar-refractivity contribution in [2.45, 2.75) is 162 Å². The smallest absolute Gasteiger partial charge is 1.00 e. The van der Waals surface area contributed by atoms with Gasteiger partial charge in [0.05, 0.1) is 6.61 Å². The van der Waals surface area contributed by atoms with Gasteiger partial charge in [-0.3, -0.25) is 13.7 Å². The fourth-order valence-corrected chi connectivity index (χ4v) is 4.00. The molecule has 0 saturated carbocycles. The van der Waals surface area contributed by atoms with Crippen LogP contribution < -0.4 is 29.6 Å². The molecule has 5 N–H and O–H groups in total. The number of hydrogen-bond acceptors (Lipinski definition) is 5. The van der Waals surface area contributed by atoms with Crippen molar-refractivity contribution in [1.82, 2.24) is 0 Å². The first-order chi connectivity index (χ1) is 17.0. The van der Waals surface area contributed by atoms with Gasteiger partial charge in [-0.05, 0) is 6.42 Å². The molecular formula is C26H61NaO9S2. The summed E-state index contributed by atoms with van der Waals surface area (Å²) in [6.45, 7) is 6.88. The second-order valence-corrected chi connectivity index (χ2v) is 11.4. The predicted octanol–water partition coefficient (Wildman–Crippen LogP) is 5.07. The van der Waals surface area contributed by atoms with Crippen molar-refractivity contribution in [3.63, 3.8) is 0 Å². The Labute approximate surface area is 259 Å². The first-order valence-corrected chi connectivity index (χ1v) is 17.1. The average molecular weight is 605 g/mol. The van der Waals surface area contributed by atoms with Crippen molar-refractivity contribution in [3.8, 4) is 0 Å². The minimum atomic E-state index is -4.67. The molecule has 38 heavy (non-hydrogen) atoms. The van der Waals surface area contributed by atoms with Gasteiger partial charge in [0.25, 0.3) is 0 Å². The van der Waals surface area contributed by atoms with Gasteiger partial charge in [-0.2, -0.15) is 16.8 Å². The van der Waals surface area contributed by atoms with Gasteiger partial charge < -0.3 is 6.90 Å². The van der Waals surface area contributed by atoms with Crippen molar-refractivity contribution in [1.29, 1.82) is 0 Å². The van der Waals surface area contributed by atoms with Crippen molar-refractivity contribution in [3.05, 3.63) is 0 Å². The van der Waals surface area contributed by atoms with E-state index in [0.717, 1.165) is 12.8 Å². The minimum Gasteiger partial charge on any atom is -1.00 e. The van der Waals surface area contributed by atoms with Crippen molar-refractivity contribution >= 4 is 20.8 Å². The molecule has 0 unspecified atom stereocenters. The molecule has 0 heterocycles. The van der Waals surface area contributed by atoms with Crippen LogP contribution in [0.1, 0.15) is 163 Å². The molecule has 12 heteroatoms. The van der Waals surface area contributed by atoms with Crippen LogP contribution in [0.4, 0.5) is 0 Å². The second kappa shape index (κ2) is 37.7. The first kappa shape index (κ1) is 48.4. The monoisotopic (exact) mass is 604 g/mol. The molecule has 0 rings (SSSR count). The van der Waals surface area contributed by atoms with Crippen LogP contribution in [0.3, 0.4) is 0 Å². The zero-order chi connectivity index (χ0) is 28.0. The third-order valence-electron chi connectivity index (χ3n) is 5.69. The Kier molecular flexibility index (Phi) is 48.0. The fourth-order valence-electron chi connectivity index (χ4n) is 3.67. The van der Waals surface area contributed by atoms with Crippen molar-refractivity contribution in [2.24, 2.45) is 0 Å².